The van der Waals surface area contributed by atoms with Gasteiger partial charge in [0.05, 0.1) is 17.6 Å². The van der Waals surface area contributed by atoms with Crippen molar-refractivity contribution in [3.63, 3.8) is 0 Å². The molecule has 0 spiro atoms. The van der Waals surface area contributed by atoms with Gasteiger partial charge in [0.15, 0.2) is 0 Å². The fourth-order valence-electron chi connectivity index (χ4n) is 3.26. The lowest BCUT2D eigenvalue weighted by molar-refractivity contribution is -0.139. The van der Waals surface area contributed by atoms with Gasteiger partial charge in [-0.3, -0.25) is 0 Å². The highest BCUT2D eigenvalue weighted by atomic mass is 32.2. The lowest BCUT2D eigenvalue weighted by Gasteiger charge is -2.22. The van der Waals surface area contributed by atoms with E-state index in [4.69, 9.17) is 9.47 Å². The molecule has 2 aromatic rings. The van der Waals surface area contributed by atoms with Crippen LogP contribution in [0.1, 0.15) is 18.4 Å². The summed E-state index contributed by atoms with van der Waals surface area (Å²) in [5.74, 6) is 0.170. The van der Waals surface area contributed by atoms with Crippen LogP contribution in [-0.4, -0.2) is 40.4 Å². The van der Waals surface area contributed by atoms with Crippen LogP contribution in [0.2, 0.25) is 0 Å². The molecule has 11 heteroatoms. The van der Waals surface area contributed by atoms with Gasteiger partial charge in [-0.05, 0) is 37.0 Å². The summed E-state index contributed by atoms with van der Waals surface area (Å²) in [6.07, 6.45) is -3.60. The Balaban J connectivity index is 1.87. The lowest BCUT2D eigenvalue weighted by atomic mass is 10.0. The molecule has 1 fully saturated rings. The van der Waals surface area contributed by atoms with Gasteiger partial charge in [-0.2, -0.15) is 13.2 Å². The number of phenolic OH excluding ortho intramolecular Hbond substituents is 1. The minimum atomic E-state index is -4.89. The predicted molar refractivity (Wildman–Crippen MR) is 108 cm³/mol. The maximum absolute atomic E-state index is 13.7. The Morgan fingerprint density at radius 3 is 2.48 bits per heavy atom. The summed E-state index contributed by atoms with van der Waals surface area (Å²) in [5, 5.41) is 12.4. The van der Waals surface area contributed by atoms with Gasteiger partial charge in [-0.15, -0.1) is 0 Å². The molecule has 2 aromatic carbocycles. The molecule has 0 bridgehead atoms. The van der Waals surface area contributed by atoms with Crippen LogP contribution in [0, 0.1) is 5.92 Å². The molecule has 0 unspecified atom stereocenters. The molecule has 0 aliphatic carbocycles. The number of hydrogen-bond acceptors (Lipinski definition) is 6. The van der Waals surface area contributed by atoms with Gasteiger partial charge in [-0.1, -0.05) is 0 Å². The second-order valence-electron chi connectivity index (χ2n) is 7.16. The quantitative estimate of drug-likeness (QED) is 0.581. The van der Waals surface area contributed by atoms with Crippen LogP contribution in [0.15, 0.2) is 41.3 Å². The van der Waals surface area contributed by atoms with Crippen molar-refractivity contribution < 1.29 is 36.2 Å². The lowest BCUT2D eigenvalue weighted by Crippen LogP contribution is -2.33. The van der Waals surface area contributed by atoms with E-state index < -0.39 is 26.7 Å². The number of rotatable bonds is 7. The number of halogens is 3. The van der Waals surface area contributed by atoms with E-state index in [2.05, 4.69) is 10.0 Å². The van der Waals surface area contributed by atoms with E-state index >= 15 is 0 Å². The van der Waals surface area contributed by atoms with Crippen LogP contribution < -0.4 is 14.8 Å². The van der Waals surface area contributed by atoms with Crippen molar-refractivity contribution in [3.05, 3.63) is 42.0 Å². The average Bonchev–Trinajstić information content (AvgIpc) is 2.72. The fraction of sp³-hybridized carbons (Fsp3) is 0.400. The molecule has 1 aliphatic rings. The van der Waals surface area contributed by atoms with E-state index in [0.717, 1.165) is 12.1 Å². The maximum atomic E-state index is 13.7. The molecule has 3 rings (SSSR count). The Hall–Kier alpha value is -2.50. The second-order valence-corrected chi connectivity index (χ2v) is 8.90. The zero-order valence-corrected chi connectivity index (χ0v) is 17.5. The summed E-state index contributed by atoms with van der Waals surface area (Å²) in [5.41, 5.74) is -1.01. The topological polar surface area (TPSA) is 96.9 Å². The van der Waals surface area contributed by atoms with E-state index in [0.29, 0.717) is 31.8 Å². The summed E-state index contributed by atoms with van der Waals surface area (Å²) in [7, 11) is -3.00. The fourth-order valence-corrected chi connectivity index (χ4v) is 4.58. The Labute approximate surface area is 178 Å². The number of nitrogens with one attached hydrogen (secondary N) is 2. The van der Waals surface area contributed by atoms with Crippen molar-refractivity contribution in [1.82, 2.24) is 4.72 Å². The third-order valence-corrected chi connectivity index (χ3v) is 6.37. The van der Waals surface area contributed by atoms with Crippen molar-refractivity contribution >= 4 is 21.4 Å². The molecule has 170 valence electrons. The highest BCUT2D eigenvalue weighted by Crippen LogP contribution is 2.37. The molecular weight excluding hydrogens is 437 g/mol. The van der Waals surface area contributed by atoms with Crippen LogP contribution in [0.25, 0.3) is 0 Å². The third kappa shape index (κ3) is 6.02. The standard InChI is InChI=1S/C20H23F3N2O5S/c1-29-17-9-15(8-16(26)11-17)25-14-2-3-19(18(10-14)20(21,22)23)31(27,28)24-12-13-4-6-30-7-5-13/h2-3,8-11,13,24-26H,4-7,12H2,1H3. The van der Waals surface area contributed by atoms with Gasteiger partial charge in [0.1, 0.15) is 11.5 Å². The summed E-state index contributed by atoms with van der Waals surface area (Å²) in [4.78, 5) is -0.842. The number of anilines is 2. The molecule has 0 aromatic heterocycles. The molecule has 0 atom stereocenters. The van der Waals surface area contributed by atoms with Gasteiger partial charge < -0.3 is 19.9 Å². The average molecular weight is 460 g/mol. The Bertz CT molecular complexity index is 1020. The molecule has 1 heterocycles. The Kier molecular flexibility index (Phi) is 6.97. The summed E-state index contributed by atoms with van der Waals surface area (Å²) in [6.45, 7) is 1.05. The van der Waals surface area contributed by atoms with Gasteiger partial charge in [0.2, 0.25) is 10.0 Å². The first-order valence-corrected chi connectivity index (χ1v) is 11.0. The summed E-state index contributed by atoms with van der Waals surface area (Å²) < 4.78 is 78.8. The minimum Gasteiger partial charge on any atom is -0.508 e. The van der Waals surface area contributed by atoms with Crippen LogP contribution in [-0.2, 0) is 20.9 Å². The van der Waals surface area contributed by atoms with Crippen molar-refractivity contribution in [2.24, 2.45) is 5.92 Å². The first-order chi connectivity index (χ1) is 14.6. The van der Waals surface area contributed by atoms with Gasteiger partial charge in [0.25, 0.3) is 0 Å². The molecule has 1 saturated heterocycles. The number of phenols is 1. The minimum absolute atomic E-state index is 0.00311. The van der Waals surface area contributed by atoms with Gasteiger partial charge in [0, 0.05) is 49.3 Å². The first kappa shape index (κ1) is 23.2. The first-order valence-electron chi connectivity index (χ1n) is 9.52. The molecule has 0 radical (unpaired) electrons. The van der Waals surface area contributed by atoms with Crippen LogP contribution >= 0.6 is 0 Å². The van der Waals surface area contributed by atoms with Crippen molar-refractivity contribution in [2.45, 2.75) is 23.9 Å². The van der Waals surface area contributed by atoms with E-state index in [1.165, 1.54) is 31.4 Å². The smallest absolute Gasteiger partial charge is 0.417 e. The van der Waals surface area contributed by atoms with E-state index in [1.54, 1.807) is 0 Å². The number of alkyl halides is 3. The number of hydrogen-bond donors (Lipinski definition) is 3. The highest BCUT2D eigenvalue weighted by Gasteiger charge is 2.37. The van der Waals surface area contributed by atoms with Crippen molar-refractivity contribution in [2.75, 3.05) is 32.2 Å². The van der Waals surface area contributed by atoms with Gasteiger partial charge in [-0.25, -0.2) is 13.1 Å². The van der Waals surface area contributed by atoms with Gasteiger partial charge >= 0.3 is 6.18 Å². The summed E-state index contributed by atoms with van der Waals surface area (Å²) in [6, 6.07) is 6.99. The number of aromatic hydroxyl groups is 1. The van der Waals surface area contributed by atoms with E-state index in [9.17, 15) is 26.7 Å². The monoisotopic (exact) mass is 460 g/mol. The third-order valence-electron chi connectivity index (χ3n) is 4.89. The molecule has 0 amide bonds. The van der Waals surface area contributed by atoms with Crippen LogP contribution in [0.3, 0.4) is 0 Å². The second kappa shape index (κ2) is 9.33. The number of ether oxygens (including phenoxy) is 2. The number of sulfonamides is 1. The zero-order valence-electron chi connectivity index (χ0n) is 16.7. The molecule has 7 nitrogen and oxygen atoms in total. The normalized spacial score (nSPS) is 15.6. The van der Waals surface area contributed by atoms with Crippen molar-refractivity contribution in [1.29, 1.82) is 0 Å². The van der Waals surface area contributed by atoms with Crippen LogP contribution in [0.4, 0.5) is 24.5 Å². The SMILES string of the molecule is COc1cc(O)cc(Nc2ccc(S(=O)(=O)NCC3CCOCC3)c(C(F)(F)F)c2)c1. The molecular formula is C20H23F3N2O5S. The maximum Gasteiger partial charge on any atom is 0.417 e. The van der Waals surface area contributed by atoms with Crippen molar-refractivity contribution in [3.8, 4) is 11.5 Å². The highest BCUT2D eigenvalue weighted by molar-refractivity contribution is 7.89. The number of methoxy groups -OCH3 is 1. The zero-order chi connectivity index (χ0) is 22.6. The Morgan fingerprint density at radius 2 is 1.84 bits per heavy atom. The predicted octanol–water partition coefficient (Wildman–Crippen LogP) is 3.87. The molecule has 3 N–H and O–H groups in total. The largest absolute Gasteiger partial charge is 0.508 e. The molecule has 31 heavy (non-hydrogen) atoms. The number of benzene rings is 2. The van der Waals surface area contributed by atoms with Crippen LogP contribution in [0.5, 0.6) is 11.5 Å². The molecule has 0 saturated carbocycles. The summed E-state index contributed by atoms with van der Waals surface area (Å²) >= 11 is 0. The van der Waals surface area contributed by atoms with E-state index in [1.807, 2.05) is 0 Å². The molecule has 1 aliphatic heterocycles. The van der Waals surface area contributed by atoms with E-state index in [-0.39, 0.29) is 29.6 Å². The Morgan fingerprint density at radius 1 is 1.13 bits per heavy atom.